The van der Waals surface area contributed by atoms with E-state index < -0.39 is 0 Å². The van der Waals surface area contributed by atoms with Crippen LogP contribution in [0.1, 0.15) is 10.4 Å². The first kappa shape index (κ1) is 21.4. The summed E-state index contributed by atoms with van der Waals surface area (Å²) in [5.41, 5.74) is 0.349. The molecule has 27 heavy (non-hydrogen) atoms. The molecule has 0 spiro atoms. The van der Waals surface area contributed by atoms with Crippen molar-refractivity contribution >= 4 is 29.9 Å². The molecule has 8 heteroatoms. The van der Waals surface area contributed by atoms with E-state index in [9.17, 15) is 9.18 Å². The Morgan fingerprint density at radius 3 is 2.59 bits per heavy atom. The van der Waals surface area contributed by atoms with Gasteiger partial charge in [0, 0.05) is 44.3 Å². The van der Waals surface area contributed by atoms with Crippen LogP contribution in [-0.2, 0) is 0 Å². The van der Waals surface area contributed by atoms with Crippen LogP contribution < -0.4 is 15.4 Å². The average Bonchev–Trinajstić information content (AvgIpc) is 2.66. The van der Waals surface area contributed by atoms with E-state index in [1.54, 1.807) is 18.2 Å². The molecule has 1 fully saturated rings. The van der Waals surface area contributed by atoms with E-state index in [0.717, 1.165) is 32.7 Å². The summed E-state index contributed by atoms with van der Waals surface area (Å²) < 4.78 is 18.8. The third-order valence-corrected chi connectivity index (χ3v) is 4.39. The van der Waals surface area contributed by atoms with Gasteiger partial charge in [-0.05, 0) is 42.5 Å². The molecule has 1 amide bonds. The molecule has 0 saturated carbocycles. The van der Waals surface area contributed by atoms with E-state index in [1.165, 1.54) is 24.3 Å². The Kier molecular flexibility index (Phi) is 8.31. The number of halogens is 3. The first-order valence-electron chi connectivity index (χ1n) is 8.56. The molecule has 1 heterocycles. The average molecular weight is 414 g/mol. The van der Waals surface area contributed by atoms with E-state index in [0.29, 0.717) is 28.6 Å². The lowest BCUT2D eigenvalue weighted by atomic mass is 10.2. The summed E-state index contributed by atoms with van der Waals surface area (Å²) in [5.74, 6) is 0.225. The molecule has 1 saturated heterocycles. The van der Waals surface area contributed by atoms with E-state index in [4.69, 9.17) is 16.3 Å². The lowest BCUT2D eigenvalue weighted by molar-refractivity contribution is 0.0945. The van der Waals surface area contributed by atoms with Crippen molar-refractivity contribution in [3.05, 3.63) is 58.9 Å². The summed E-state index contributed by atoms with van der Waals surface area (Å²) in [5, 5.41) is 6.65. The van der Waals surface area contributed by atoms with Gasteiger partial charge < -0.3 is 15.4 Å². The first-order valence-corrected chi connectivity index (χ1v) is 8.94. The normalized spacial score (nSPS) is 14.3. The molecule has 2 aromatic rings. The lowest BCUT2D eigenvalue weighted by Gasteiger charge is -2.27. The highest BCUT2D eigenvalue weighted by molar-refractivity contribution is 6.31. The number of hydrogen-bond donors (Lipinski definition) is 2. The van der Waals surface area contributed by atoms with Crippen molar-refractivity contribution in [3.63, 3.8) is 0 Å². The van der Waals surface area contributed by atoms with E-state index in [2.05, 4.69) is 15.5 Å². The zero-order chi connectivity index (χ0) is 18.4. The number of carbonyl (C=O) groups is 1. The van der Waals surface area contributed by atoms with Crippen LogP contribution in [0.25, 0.3) is 0 Å². The van der Waals surface area contributed by atoms with Crippen molar-refractivity contribution in [2.75, 3.05) is 39.3 Å². The minimum atomic E-state index is -0.348. The van der Waals surface area contributed by atoms with Crippen molar-refractivity contribution in [1.82, 2.24) is 15.5 Å². The number of amides is 1. The molecule has 3 rings (SSSR count). The van der Waals surface area contributed by atoms with E-state index >= 15 is 0 Å². The van der Waals surface area contributed by atoms with Crippen LogP contribution in [0.2, 0.25) is 5.02 Å². The van der Waals surface area contributed by atoms with Gasteiger partial charge in [0.15, 0.2) is 0 Å². The van der Waals surface area contributed by atoms with Crippen LogP contribution in [0.3, 0.4) is 0 Å². The minimum Gasteiger partial charge on any atom is -0.457 e. The number of hydrogen-bond acceptors (Lipinski definition) is 4. The summed E-state index contributed by atoms with van der Waals surface area (Å²) in [6, 6.07) is 10.5. The molecule has 0 atom stereocenters. The standard InChI is InChI=1S/C19H21ClFN3O2.ClH/c20-14-1-6-18(26-16-4-2-15(21)3-5-16)17(13-14)19(25)23-9-12-24-10-7-22-8-11-24;/h1-6,13,22H,7-12H2,(H,23,25);1H. The molecule has 0 unspecified atom stereocenters. The Bertz CT molecular complexity index is 753. The van der Waals surface area contributed by atoms with Gasteiger partial charge >= 0.3 is 0 Å². The molecule has 5 nitrogen and oxygen atoms in total. The minimum absolute atomic E-state index is 0. The second kappa shape index (κ2) is 10.5. The molecule has 0 aliphatic carbocycles. The molecule has 1 aliphatic heterocycles. The molecule has 146 valence electrons. The SMILES string of the molecule is Cl.O=C(NCCN1CCNCC1)c1cc(Cl)ccc1Oc1ccc(F)cc1. The first-order chi connectivity index (χ1) is 12.6. The Balaban J connectivity index is 0.00000261. The lowest BCUT2D eigenvalue weighted by Crippen LogP contribution is -2.46. The maximum Gasteiger partial charge on any atom is 0.255 e. The van der Waals surface area contributed by atoms with Crippen LogP contribution in [0.4, 0.5) is 4.39 Å². The van der Waals surface area contributed by atoms with Gasteiger partial charge in [0.1, 0.15) is 17.3 Å². The quantitative estimate of drug-likeness (QED) is 0.762. The van der Waals surface area contributed by atoms with Gasteiger partial charge in [-0.3, -0.25) is 9.69 Å². The summed E-state index contributed by atoms with van der Waals surface area (Å²) >= 11 is 6.04. The highest BCUT2D eigenvalue weighted by Crippen LogP contribution is 2.28. The number of ether oxygens (including phenoxy) is 1. The summed E-state index contributed by atoms with van der Waals surface area (Å²) in [6.45, 7) is 5.23. The topological polar surface area (TPSA) is 53.6 Å². The molecular formula is C19H22Cl2FN3O2. The zero-order valence-electron chi connectivity index (χ0n) is 14.7. The van der Waals surface area contributed by atoms with Crippen LogP contribution in [0.5, 0.6) is 11.5 Å². The Labute approximate surface area is 169 Å². The highest BCUT2D eigenvalue weighted by Gasteiger charge is 2.15. The third kappa shape index (κ3) is 6.36. The second-order valence-corrected chi connectivity index (χ2v) is 6.48. The Hall–Kier alpha value is -1.86. The van der Waals surface area contributed by atoms with Crippen molar-refractivity contribution < 1.29 is 13.9 Å². The molecule has 2 aromatic carbocycles. The largest absolute Gasteiger partial charge is 0.457 e. The fourth-order valence-corrected chi connectivity index (χ4v) is 2.93. The van der Waals surface area contributed by atoms with Crippen LogP contribution in [-0.4, -0.2) is 50.1 Å². The van der Waals surface area contributed by atoms with Crippen molar-refractivity contribution in [3.8, 4) is 11.5 Å². The molecule has 0 aromatic heterocycles. The van der Waals surface area contributed by atoms with Gasteiger partial charge in [0.25, 0.3) is 5.91 Å². The summed E-state index contributed by atoms with van der Waals surface area (Å²) in [7, 11) is 0. The highest BCUT2D eigenvalue weighted by atomic mass is 35.5. The molecule has 2 N–H and O–H groups in total. The fraction of sp³-hybridized carbons (Fsp3) is 0.316. The number of nitrogens with zero attached hydrogens (tertiary/aromatic N) is 1. The molecule has 1 aliphatic rings. The van der Waals surface area contributed by atoms with Crippen molar-refractivity contribution in [1.29, 1.82) is 0 Å². The Morgan fingerprint density at radius 1 is 1.19 bits per heavy atom. The van der Waals surface area contributed by atoms with Gasteiger partial charge in [-0.15, -0.1) is 12.4 Å². The second-order valence-electron chi connectivity index (χ2n) is 6.04. The van der Waals surface area contributed by atoms with Crippen molar-refractivity contribution in [2.45, 2.75) is 0 Å². The number of rotatable bonds is 6. The van der Waals surface area contributed by atoms with Gasteiger partial charge in [0.05, 0.1) is 5.56 Å². The van der Waals surface area contributed by atoms with Gasteiger partial charge in [0.2, 0.25) is 0 Å². The summed E-state index contributed by atoms with van der Waals surface area (Å²) in [6.07, 6.45) is 0. The predicted molar refractivity (Wildman–Crippen MR) is 107 cm³/mol. The van der Waals surface area contributed by atoms with E-state index in [1.807, 2.05) is 0 Å². The van der Waals surface area contributed by atoms with Crippen molar-refractivity contribution in [2.24, 2.45) is 0 Å². The van der Waals surface area contributed by atoms with E-state index in [-0.39, 0.29) is 24.1 Å². The fourth-order valence-electron chi connectivity index (χ4n) is 2.76. The number of carbonyl (C=O) groups excluding carboxylic acids is 1. The number of piperazine rings is 1. The Morgan fingerprint density at radius 2 is 1.89 bits per heavy atom. The molecule has 0 bridgehead atoms. The summed E-state index contributed by atoms with van der Waals surface area (Å²) in [4.78, 5) is 14.9. The third-order valence-electron chi connectivity index (χ3n) is 4.15. The monoisotopic (exact) mass is 413 g/mol. The zero-order valence-corrected chi connectivity index (χ0v) is 16.3. The number of nitrogens with one attached hydrogen (secondary N) is 2. The number of benzene rings is 2. The molecular weight excluding hydrogens is 392 g/mol. The van der Waals surface area contributed by atoms with Crippen LogP contribution in [0, 0.1) is 5.82 Å². The predicted octanol–water partition coefficient (Wildman–Crippen LogP) is 3.33. The van der Waals surface area contributed by atoms with Crippen LogP contribution in [0.15, 0.2) is 42.5 Å². The van der Waals surface area contributed by atoms with Crippen LogP contribution >= 0.6 is 24.0 Å². The maximum absolute atomic E-state index is 13.0. The van der Waals surface area contributed by atoms with Gasteiger partial charge in [-0.1, -0.05) is 11.6 Å². The van der Waals surface area contributed by atoms with Gasteiger partial charge in [-0.25, -0.2) is 4.39 Å². The van der Waals surface area contributed by atoms with Gasteiger partial charge in [-0.2, -0.15) is 0 Å². The maximum atomic E-state index is 13.0. The molecule has 0 radical (unpaired) electrons. The smallest absolute Gasteiger partial charge is 0.255 e.